The Morgan fingerprint density at radius 3 is 1.43 bits per heavy atom. The number of isocyanates is 2. The summed E-state index contributed by atoms with van der Waals surface area (Å²) in [4.78, 5) is 27.2. The lowest BCUT2D eigenvalue weighted by atomic mass is 10.0. The maximum atomic E-state index is 10.1. The minimum absolute atomic E-state index is 0.567. The van der Waals surface area contributed by atoms with Crippen molar-refractivity contribution >= 4 is 12.2 Å². The molecule has 4 nitrogen and oxygen atoms in total. The standard InChI is InChI=1S/C17H30N2O2/c1-2-3-4-5-6-7-8-9-10-11-12-13-14-17(18-15-20)19-16-21/h17H,2-14H2,1H3. The molecule has 0 amide bonds. The van der Waals surface area contributed by atoms with Gasteiger partial charge in [0.25, 0.3) is 0 Å². The molecular weight excluding hydrogens is 264 g/mol. The molecule has 0 unspecified atom stereocenters. The molecule has 0 aromatic heterocycles. The smallest absolute Gasteiger partial charge is 0.211 e. The van der Waals surface area contributed by atoms with E-state index in [1.54, 1.807) is 0 Å². The Bertz CT molecular complexity index is 301. The van der Waals surface area contributed by atoms with Crippen molar-refractivity contribution in [1.82, 2.24) is 0 Å². The third-order valence-corrected chi connectivity index (χ3v) is 3.72. The Balaban J connectivity index is 3.28. The number of carbonyl (C=O) groups excluding carboxylic acids is 2. The fourth-order valence-corrected chi connectivity index (χ4v) is 2.45. The number of rotatable bonds is 15. The normalized spacial score (nSPS) is 11.5. The van der Waals surface area contributed by atoms with Crippen molar-refractivity contribution in [2.24, 2.45) is 9.98 Å². The minimum Gasteiger partial charge on any atom is -0.211 e. The van der Waals surface area contributed by atoms with E-state index in [0.29, 0.717) is 6.42 Å². The molecule has 0 saturated carbocycles. The van der Waals surface area contributed by atoms with Gasteiger partial charge in [-0.2, -0.15) is 9.98 Å². The molecule has 0 radical (unpaired) electrons. The molecule has 0 aliphatic rings. The lowest BCUT2D eigenvalue weighted by Gasteiger charge is -2.04. The number of aliphatic imine (C=N–C) groups is 2. The van der Waals surface area contributed by atoms with Crippen LogP contribution < -0.4 is 0 Å². The average molecular weight is 294 g/mol. The molecule has 0 atom stereocenters. The molecule has 0 rings (SSSR count). The second-order valence-electron chi connectivity index (χ2n) is 5.60. The highest BCUT2D eigenvalue weighted by molar-refractivity contribution is 5.36. The number of unbranched alkanes of at least 4 members (excludes halogenated alkanes) is 11. The van der Waals surface area contributed by atoms with Crippen LogP contribution in [0.4, 0.5) is 0 Å². The first-order valence-electron chi connectivity index (χ1n) is 8.49. The van der Waals surface area contributed by atoms with Crippen molar-refractivity contribution in [2.75, 3.05) is 0 Å². The Hall–Kier alpha value is -1.24. The van der Waals surface area contributed by atoms with Crippen LogP contribution in [0.5, 0.6) is 0 Å². The lowest BCUT2D eigenvalue weighted by Crippen LogP contribution is -1.99. The zero-order chi connectivity index (χ0) is 15.6. The molecule has 0 aliphatic heterocycles. The summed E-state index contributed by atoms with van der Waals surface area (Å²) >= 11 is 0. The van der Waals surface area contributed by atoms with Crippen LogP contribution in [0.15, 0.2) is 9.98 Å². The van der Waals surface area contributed by atoms with E-state index >= 15 is 0 Å². The summed E-state index contributed by atoms with van der Waals surface area (Å²) in [6, 6.07) is 0. The largest absolute Gasteiger partial charge is 0.237 e. The molecule has 0 heterocycles. The maximum absolute atomic E-state index is 10.1. The zero-order valence-electron chi connectivity index (χ0n) is 13.5. The van der Waals surface area contributed by atoms with Gasteiger partial charge < -0.3 is 0 Å². The highest BCUT2D eigenvalue weighted by Gasteiger charge is 2.03. The first-order chi connectivity index (χ1) is 10.3. The van der Waals surface area contributed by atoms with Gasteiger partial charge in [-0.05, 0) is 12.8 Å². The van der Waals surface area contributed by atoms with E-state index in [2.05, 4.69) is 16.9 Å². The van der Waals surface area contributed by atoms with E-state index in [9.17, 15) is 9.59 Å². The van der Waals surface area contributed by atoms with Crippen LogP contribution >= 0.6 is 0 Å². The van der Waals surface area contributed by atoms with E-state index in [1.807, 2.05) is 0 Å². The van der Waals surface area contributed by atoms with Crippen molar-refractivity contribution < 1.29 is 9.59 Å². The maximum Gasteiger partial charge on any atom is 0.237 e. The molecule has 0 aromatic rings. The van der Waals surface area contributed by atoms with Gasteiger partial charge in [0.2, 0.25) is 12.2 Å². The van der Waals surface area contributed by atoms with Gasteiger partial charge >= 0.3 is 0 Å². The zero-order valence-corrected chi connectivity index (χ0v) is 13.5. The topological polar surface area (TPSA) is 58.9 Å². The van der Waals surface area contributed by atoms with E-state index in [-0.39, 0.29) is 0 Å². The molecule has 0 bridgehead atoms. The van der Waals surface area contributed by atoms with Crippen LogP contribution in [0.1, 0.15) is 90.4 Å². The third-order valence-electron chi connectivity index (χ3n) is 3.72. The first-order valence-corrected chi connectivity index (χ1v) is 8.49. The third kappa shape index (κ3) is 15.0. The highest BCUT2D eigenvalue weighted by atomic mass is 16.1. The van der Waals surface area contributed by atoms with Crippen molar-refractivity contribution in [3.8, 4) is 0 Å². The molecular formula is C17H30N2O2. The van der Waals surface area contributed by atoms with Crippen LogP contribution in [0.3, 0.4) is 0 Å². The van der Waals surface area contributed by atoms with Gasteiger partial charge in [0.15, 0.2) is 6.17 Å². The summed E-state index contributed by atoms with van der Waals surface area (Å²) in [7, 11) is 0. The van der Waals surface area contributed by atoms with Crippen LogP contribution in [0.25, 0.3) is 0 Å². The predicted octanol–water partition coefficient (Wildman–Crippen LogP) is 5.08. The molecule has 0 N–H and O–H groups in total. The van der Waals surface area contributed by atoms with Gasteiger partial charge in [-0.3, -0.25) is 0 Å². The summed E-state index contributed by atoms with van der Waals surface area (Å²) in [6.45, 7) is 2.25. The van der Waals surface area contributed by atoms with Gasteiger partial charge in [-0.1, -0.05) is 77.6 Å². The van der Waals surface area contributed by atoms with Crippen molar-refractivity contribution in [3.63, 3.8) is 0 Å². The van der Waals surface area contributed by atoms with E-state index in [4.69, 9.17) is 0 Å². The Morgan fingerprint density at radius 1 is 0.667 bits per heavy atom. The Morgan fingerprint density at radius 2 is 1.05 bits per heavy atom. The molecule has 120 valence electrons. The summed E-state index contributed by atoms with van der Waals surface area (Å²) in [5.41, 5.74) is 0. The van der Waals surface area contributed by atoms with E-state index < -0.39 is 6.17 Å². The monoisotopic (exact) mass is 294 g/mol. The van der Waals surface area contributed by atoms with Gasteiger partial charge in [0.05, 0.1) is 0 Å². The van der Waals surface area contributed by atoms with Crippen LogP contribution in [0, 0.1) is 0 Å². The number of hydrogen-bond acceptors (Lipinski definition) is 4. The number of hydrogen-bond donors (Lipinski definition) is 0. The minimum atomic E-state index is -0.567. The summed E-state index contributed by atoms with van der Waals surface area (Å²) in [6.07, 6.45) is 18.4. The summed E-state index contributed by atoms with van der Waals surface area (Å²) in [5, 5.41) is 0. The number of nitrogens with zero attached hydrogens (tertiary/aromatic N) is 2. The quantitative estimate of drug-likeness (QED) is 0.240. The molecule has 0 aromatic carbocycles. The van der Waals surface area contributed by atoms with Crippen LogP contribution in [-0.4, -0.2) is 18.3 Å². The second kappa shape index (κ2) is 16.8. The lowest BCUT2D eigenvalue weighted by molar-refractivity contribution is 0.513. The molecule has 21 heavy (non-hydrogen) atoms. The van der Waals surface area contributed by atoms with E-state index in [0.717, 1.165) is 12.8 Å². The second-order valence-corrected chi connectivity index (χ2v) is 5.60. The van der Waals surface area contributed by atoms with Gasteiger partial charge in [0.1, 0.15) is 0 Å². The SMILES string of the molecule is CCCCCCCCCCCCCCC(N=C=O)N=C=O. The molecule has 4 heteroatoms. The molecule has 0 saturated heterocycles. The van der Waals surface area contributed by atoms with Gasteiger partial charge in [-0.15, -0.1) is 0 Å². The van der Waals surface area contributed by atoms with Gasteiger partial charge in [-0.25, -0.2) is 9.59 Å². The highest BCUT2D eigenvalue weighted by Crippen LogP contribution is 2.13. The average Bonchev–Trinajstić information content (AvgIpc) is 2.48. The first kappa shape index (κ1) is 19.8. The molecule has 0 spiro atoms. The van der Waals surface area contributed by atoms with Gasteiger partial charge in [0, 0.05) is 0 Å². The van der Waals surface area contributed by atoms with Crippen LogP contribution in [0.2, 0.25) is 0 Å². The Labute approximate surface area is 129 Å². The summed E-state index contributed by atoms with van der Waals surface area (Å²) < 4.78 is 0. The fourth-order valence-electron chi connectivity index (χ4n) is 2.45. The predicted molar refractivity (Wildman–Crippen MR) is 85.7 cm³/mol. The van der Waals surface area contributed by atoms with Crippen molar-refractivity contribution in [2.45, 2.75) is 96.6 Å². The Kier molecular flexibility index (Phi) is 15.8. The molecule has 0 fully saturated rings. The molecule has 0 aliphatic carbocycles. The van der Waals surface area contributed by atoms with Crippen LogP contribution in [-0.2, 0) is 9.59 Å². The summed E-state index contributed by atoms with van der Waals surface area (Å²) in [5.74, 6) is 0. The van der Waals surface area contributed by atoms with E-state index in [1.165, 1.54) is 76.4 Å². The van der Waals surface area contributed by atoms with Crippen molar-refractivity contribution in [3.05, 3.63) is 0 Å². The fraction of sp³-hybridized carbons (Fsp3) is 0.882. The van der Waals surface area contributed by atoms with Crippen molar-refractivity contribution in [1.29, 1.82) is 0 Å².